The molecule has 2 fully saturated rings. The van der Waals surface area contributed by atoms with Gasteiger partial charge < -0.3 is 19.6 Å². The summed E-state index contributed by atoms with van der Waals surface area (Å²) in [6.07, 6.45) is 8.88. The molecule has 8 heteroatoms. The Kier molecular flexibility index (Phi) is 15.7. The maximum absolute atomic E-state index is 13.0. The van der Waals surface area contributed by atoms with E-state index in [-0.39, 0.29) is 0 Å². The molecule has 3 aromatic carbocycles. The molecule has 1 unspecified atom stereocenters. The number of nitrogens with zero attached hydrogens (tertiary/aromatic N) is 4. The Hall–Kier alpha value is -2.78. The van der Waals surface area contributed by atoms with Crippen LogP contribution in [-0.4, -0.2) is 94.3 Å². The smallest absolute Gasteiger partial charge is 0.224 e. The van der Waals surface area contributed by atoms with Gasteiger partial charge >= 0.3 is 0 Å². The van der Waals surface area contributed by atoms with Crippen molar-refractivity contribution in [3.8, 4) is 0 Å². The Balaban J connectivity index is 0.000000190. The van der Waals surface area contributed by atoms with Gasteiger partial charge in [-0.05, 0) is 120 Å². The highest BCUT2D eigenvalue weighted by atomic mass is 32.2. The molecule has 4 heterocycles. The van der Waals surface area contributed by atoms with Crippen molar-refractivity contribution in [3.05, 3.63) is 94.5 Å². The van der Waals surface area contributed by atoms with Gasteiger partial charge in [-0.1, -0.05) is 86.0 Å². The van der Waals surface area contributed by atoms with Gasteiger partial charge in [0.1, 0.15) is 0 Å². The lowest BCUT2D eigenvalue weighted by atomic mass is 9.90. The number of benzene rings is 3. The fourth-order valence-corrected chi connectivity index (χ4v) is 10.9. The molecule has 0 N–H and O–H groups in total. The molecule has 0 aromatic heterocycles. The van der Waals surface area contributed by atoms with Gasteiger partial charge in [0.25, 0.3) is 0 Å². The second-order valence-electron chi connectivity index (χ2n) is 16.8. The van der Waals surface area contributed by atoms with E-state index in [4.69, 9.17) is 0 Å². The highest BCUT2D eigenvalue weighted by Crippen LogP contribution is 2.33. The number of carbonyl (C=O) groups excluding carboxylic acids is 2. The monoisotopic (exact) mass is 782 g/mol. The van der Waals surface area contributed by atoms with Crippen LogP contribution in [0.4, 0.5) is 0 Å². The van der Waals surface area contributed by atoms with Crippen LogP contribution in [0.25, 0.3) is 0 Å². The first kappa shape index (κ1) is 41.8. The third kappa shape index (κ3) is 12.4. The van der Waals surface area contributed by atoms with Gasteiger partial charge in [-0.3, -0.25) is 9.59 Å². The van der Waals surface area contributed by atoms with Crippen molar-refractivity contribution >= 4 is 35.3 Å². The number of carbonyl (C=O) groups is 2. The van der Waals surface area contributed by atoms with E-state index in [2.05, 4.69) is 121 Å². The molecule has 0 spiro atoms. The summed E-state index contributed by atoms with van der Waals surface area (Å²) in [5, 5.41) is 0.437. The van der Waals surface area contributed by atoms with Gasteiger partial charge in [0.2, 0.25) is 11.8 Å². The van der Waals surface area contributed by atoms with E-state index in [0.717, 1.165) is 63.4 Å². The third-order valence-corrected chi connectivity index (χ3v) is 14.8. The van der Waals surface area contributed by atoms with E-state index < -0.39 is 0 Å². The number of amides is 2. The Morgan fingerprint density at radius 3 is 1.93 bits per heavy atom. The predicted molar refractivity (Wildman–Crippen MR) is 232 cm³/mol. The quantitative estimate of drug-likeness (QED) is 0.216. The SMILES string of the molecule is CCC1CCN(CCC(=O)N2Cc3cc(C)ccc3SCC2C)CC1.Cc1ccc2c(c1)CN(C(=O)CCN1CCC(Cc3ccccc3)CC1)C[C@@H](C)S2. The topological polar surface area (TPSA) is 47.1 Å². The van der Waals surface area contributed by atoms with Gasteiger partial charge in [-0.2, -0.15) is 0 Å². The molecule has 2 atom stereocenters. The first-order chi connectivity index (χ1) is 26.6. The van der Waals surface area contributed by atoms with Gasteiger partial charge in [0.15, 0.2) is 0 Å². The Morgan fingerprint density at radius 2 is 1.29 bits per heavy atom. The lowest BCUT2D eigenvalue weighted by Gasteiger charge is -2.32. The summed E-state index contributed by atoms with van der Waals surface area (Å²) >= 11 is 3.80. The van der Waals surface area contributed by atoms with E-state index in [0.29, 0.717) is 35.9 Å². The molecule has 2 amide bonds. The van der Waals surface area contributed by atoms with Crippen LogP contribution in [0.5, 0.6) is 0 Å². The van der Waals surface area contributed by atoms with Crippen LogP contribution in [0.3, 0.4) is 0 Å². The minimum absolute atomic E-state index is 0.302. The van der Waals surface area contributed by atoms with Crippen molar-refractivity contribution < 1.29 is 9.59 Å². The molecular formula is C47H66N4O2S2. The van der Waals surface area contributed by atoms with E-state index in [1.165, 1.54) is 89.2 Å². The molecule has 0 saturated carbocycles. The minimum atomic E-state index is 0.302. The summed E-state index contributed by atoms with van der Waals surface area (Å²) in [4.78, 5) is 37.8. The largest absolute Gasteiger partial charge is 0.337 e. The number of hydrogen-bond donors (Lipinski definition) is 0. The number of likely N-dealkylation sites (tertiary alicyclic amines) is 2. The molecule has 4 aliphatic heterocycles. The van der Waals surface area contributed by atoms with Crippen molar-refractivity contribution in [2.24, 2.45) is 11.8 Å². The van der Waals surface area contributed by atoms with Crippen molar-refractivity contribution in [1.82, 2.24) is 19.6 Å². The van der Waals surface area contributed by atoms with Gasteiger partial charge in [0.05, 0.1) is 0 Å². The first-order valence-corrected chi connectivity index (χ1v) is 23.0. The zero-order valence-electron chi connectivity index (χ0n) is 34.3. The third-order valence-electron chi connectivity index (χ3n) is 12.3. The number of piperidine rings is 2. The first-order valence-electron chi connectivity index (χ1n) is 21.2. The second-order valence-corrected chi connectivity index (χ2v) is 19.3. The number of hydrogen-bond acceptors (Lipinski definition) is 6. The van der Waals surface area contributed by atoms with E-state index in [9.17, 15) is 9.59 Å². The average Bonchev–Trinajstić information content (AvgIpc) is 3.47. The molecule has 2 saturated heterocycles. The molecule has 0 bridgehead atoms. The highest BCUT2D eigenvalue weighted by Gasteiger charge is 2.27. The second kappa shape index (κ2) is 20.6. The van der Waals surface area contributed by atoms with E-state index in [1.807, 2.05) is 23.5 Å². The predicted octanol–water partition coefficient (Wildman–Crippen LogP) is 9.49. The van der Waals surface area contributed by atoms with Gasteiger partial charge in [-0.25, -0.2) is 0 Å². The Bertz CT molecular complexity index is 1690. The van der Waals surface area contributed by atoms with Crippen LogP contribution in [-0.2, 0) is 29.1 Å². The molecule has 4 aliphatic rings. The summed E-state index contributed by atoms with van der Waals surface area (Å²) < 4.78 is 0. The molecular weight excluding hydrogens is 717 g/mol. The zero-order valence-corrected chi connectivity index (χ0v) is 35.9. The molecule has 55 heavy (non-hydrogen) atoms. The molecule has 0 aliphatic carbocycles. The highest BCUT2D eigenvalue weighted by molar-refractivity contribution is 8.00. The van der Waals surface area contributed by atoms with E-state index in [1.54, 1.807) is 0 Å². The van der Waals surface area contributed by atoms with Crippen LogP contribution in [0, 0.1) is 25.7 Å². The van der Waals surface area contributed by atoms with Crippen LogP contribution in [0.1, 0.15) is 93.5 Å². The number of thioether (sulfide) groups is 2. The summed E-state index contributed by atoms with van der Waals surface area (Å²) in [7, 11) is 0. The maximum atomic E-state index is 13.0. The van der Waals surface area contributed by atoms with Crippen molar-refractivity contribution in [3.63, 3.8) is 0 Å². The van der Waals surface area contributed by atoms with Gasteiger partial charge in [0, 0.05) is 72.4 Å². The van der Waals surface area contributed by atoms with E-state index >= 15 is 0 Å². The Morgan fingerprint density at radius 1 is 0.709 bits per heavy atom. The minimum Gasteiger partial charge on any atom is -0.337 e. The summed E-state index contributed by atoms with van der Waals surface area (Å²) in [6.45, 7) is 19.7. The zero-order chi connectivity index (χ0) is 38.7. The van der Waals surface area contributed by atoms with Crippen molar-refractivity contribution in [1.29, 1.82) is 0 Å². The molecule has 3 aromatic rings. The standard InChI is InChI=1S/C26H34N2OS.C21H32N2OS/c1-20-8-9-25-24(16-20)19-28(18-21(2)30-25)26(29)12-15-27-13-10-23(11-14-27)17-22-6-4-3-5-7-22;1-4-18-7-10-22(11-8-18)12-9-21(24)23-14-19-13-16(2)5-6-20(19)25-15-17(23)3/h3-9,16,21,23H,10-15,17-19H2,1-2H3;5-6,13,17-18H,4,7-12,14-15H2,1-3H3/t21-;/m1./s1. The molecule has 7 rings (SSSR count). The van der Waals surface area contributed by atoms with Crippen LogP contribution in [0.2, 0.25) is 0 Å². The fourth-order valence-electron chi connectivity index (χ4n) is 8.71. The molecule has 6 nitrogen and oxygen atoms in total. The lowest BCUT2D eigenvalue weighted by molar-refractivity contribution is -0.134. The lowest BCUT2D eigenvalue weighted by Crippen LogP contribution is -2.41. The average molecular weight is 783 g/mol. The molecule has 0 radical (unpaired) electrons. The van der Waals surface area contributed by atoms with Gasteiger partial charge in [-0.15, -0.1) is 23.5 Å². The molecule has 298 valence electrons. The van der Waals surface area contributed by atoms with Crippen molar-refractivity contribution in [2.75, 3.05) is 51.6 Å². The number of aryl methyl sites for hydroxylation is 2. The number of fused-ring (bicyclic) bond motifs is 2. The Labute approximate surface area is 341 Å². The normalized spacial score (nSPS) is 21.5. The summed E-state index contributed by atoms with van der Waals surface area (Å²) in [5.74, 6) is 3.30. The van der Waals surface area contributed by atoms with Crippen LogP contribution in [0.15, 0.2) is 76.5 Å². The van der Waals surface area contributed by atoms with Crippen molar-refractivity contribution in [2.45, 2.75) is 120 Å². The number of rotatable bonds is 9. The maximum Gasteiger partial charge on any atom is 0.224 e. The summed E-state index contributed by atoms with van der Waals surface area (Å²) in [5.41, 5.74) is 6.62. The fraction of sp³-hybridized carbons (Fsp3) is 0.574. The summed E-state index contributed by atoms with van der Waals surface area (Å²) in [6, 6.07) is 24.4. The van der Waals surface area contributed by atoms with Crippen LogP contribution < -0.4 is 0 Å². The van der Waals surface area contributed by atoms with Crippen LogP contribution >= 0.6 is 23.5 Å².